The Balaban J connectivity index is 2.79. The van der Waals surface area contributed by atoms with Crippen molar-refractivity contribution in [3.8, 4) is 0 Å². The van der Waals surface area contributed by atoms with E-state index in [2.05, 4.69) is 18.5 Å². The minimum Gasteiger partial charge on any atom is -0.384 e. The summed E-state index contributed by atoms with van der Waals surface area (Å²) in [6.07, 6.45) is 2.07. The highest BCUT2D eigenvalue weighted by Crippen LogP contribution is 2.30. The molecule has 0 saturated carbocycles. The smallest absolute Gasteiger partial charge is 0.288 e. The zero-order valence-electron chi connectivity index (χ0n) is 10.7. The van der Waals surface area contributed by atoms with Gasteiger partial charge in [-0.05, 0) is 36.5 Å². The van der Waals surface area contributed by atoms with E-state index in [-0.39, 0.29) is 10.7 Å². The number of halogens is 1. The number of nitro benzene ring substituents is 1. The van der Waals surface area contributed by atoms with Crippen LogP contribution in [0.2, 0.25) is 5.02 Å². The van der Waals surface area contributed by atoms with Crippen molar-refractivity contribution in [3.63, 3.8) is 0 Å². The number of thioether (sulfide) groups is 1. The number of nitro groups is 1. The second kappa shape index (κ2) is 6.85. The summed E-state index contributed by atoms with van der Waals surface area (Å²) in [5.41, 5.74) is 1.65. The van der Waals surface area contributed by atoms with Gasteiger partial charge in [-0.3, -0.25) is 10.1 Å². The van der Waals surface area contributed by atoms with Crippen LogP contribution in [0.1, 0.15) is 12.5 Å². The van der Waals surface area contributed by atoms with Crippen LogP contribution in [-0.2, 0) is 0 Å². The molecule has 1 rings (SSSR count). The standard InChI is InChI=1S/C12H17ClN2O2S/c1-8(7-18-3)6-14-11-5-10(13)12(15(16)17)4-9(11)2/h4-5,8,14H,6-7H2,1-3H3. The Labute approximate surface area is 116 Å². The van der Waals surface area contributed by atoms with E-state index in [1.807, 2.05) is 6.92 Å². The van der Waals surface area contributed by atoms with Crippen molar-refractivity contribution >= 4 is 34.7 Å². The van der Waals surface area contributed by atoms with Gasteiger partial charge in [-0.2, -0.15) is 11.8 Å². The summed E-state index contributed by atoms with van der Waals surface area (Å²) in [6.45, 7) is 4.83. The molecule has 0 aliphatic carbocycles. The van der Waals surface area contributed by atoms with Gasteiger partial charge in [-0.15, -0.1) is 0 Å². The number of aryl methyl sites for hydroxylation is 1. The molecule has 0 aromatic heterocycles. The fraction of sp³-hybridized carbons (Fsp3) is 0.500. The topological polar surface area (TPSA) is 55.2 Å². The summed E-state index contributed by atoms with van der Waals surface area (Å²) >= 11 is 7.69. The Morgan fingerprint density at radius 2 is 2.22 bits per heavy atom. The van der Waals surface area contributed by atoms with Crippen LogP contribution in [0, 0.1) is 23.0 Å². The van der Waals surface area contributed by atoms with Gasteiger partial charge in [0.2, 0.25) is 0 Å². The molecule has 0 bridgehead atoms. The maximum absolute atomic E-state index is 10.7. The molecule has 1 atom stereocenters. The molecule has 100 valence electrons. The summed E-state index contributed by atoms with van der Waals surface area (Å²) in [6, 6.07) is 3.13. The molecule has 0 spiro atoms. The lowest BCUT2D eigenvalue weighted by atomic mass is 10.1. The molecular formula is C12H17ClN2O2S. The fourth-order valence-electron chi connectivity index (χ4n) is 1.62. The van der Waals surface area contributed by atoms with Crippen LogP contribution in [0.5, 0.6) is 0 Å². The number of hydrogen-bond donors (Lipinski definition) is 1. The highest BCUT2D eigenvalue weighted by atomic mass is 35.5. The first kappa shape index (κ1) is 15.1. The highest BCUT2D eigenvalue weighted by molar-refractivity contribution is 7.98. The molecule has 1 N–H and O–H groups in total. The van der Waals surface area contributed by atoms with Gasteiger partial charge in [0, 0.05) is 18.3 Å². The van der Waals surface area contributed by atoms with E-state index in [1.54, 1.807) is 17.8 Å². The van der Waals surface area contributed by atoms with Crippen LogP contribution in [-0.4, -0.2) is 23.5 Å². The minimum atomic E-state index is -0.463. The van der Waals surface area contributed by atoms with Gasteiger partial charge in [0.25, 0.3) is 5.69 Å². The lowest BCUT2D eigenvalue weighted by Gasteiger charge is -2.14. The number of benzene rings is 1. The predicted octanol–water partition coefficient (Wildman–Crippen LogP) is 3.97. The normalized spacial score (nSPS) is 12.2. The van der Waals surface area contributed by atoms with E-state index in [0.29, 0.717) is 5.92 Å². The van der Waals surface area contributed by atoms with Crippen LogP contribution in [0.15, 0.2) is 12.1 Å². The average Bonchev–Trinajstić information content (AvgIpc) is 2.29. The van der Waals surface area contributed by atoms with Gasteiger partial charge in [0.1, 0.15) is 5.02 Å². The van der Waals surface area contributed by atoms with Gasteiger partial charge in [0.05, 0.1) is 4.92 Å². The second-order valence-corrected chi connectivity index (χ2v) is 5.63. The maximum Gasteiger partial charge on any atom is 0.288 e. The summed E-state index contributed by atoms with van der Waals surface area (Å²) < 4.78 is 0. The summed E-state index contributed by atoms with van der Waals surface area (Å²) in [4.78, 5) is 10.3. The van der Waals surface area contributed by atoms with Crippen LogP contribution in [0.3, 0.4) is 0 Å². The van der Waals surface area contributed by atoms with Gasteiger partial charge in [-0.1, -0.05) is 18.5 Å². The minimum absolute atomic E-state index is 0.0446. The molecule has 1 aromatic rings. The summed E-state index contributed by atoms with van der Waals surface area (Å²) in [5, 5.41) is 14.2. The van der Waals surface area contributed by atoms with Crippen molar-refractivity contribution in [1.82, 2.24) is 0 Å². The third kappa shape index (κ3) is 4.07. The molecule has 0 aliphatic heterocycles. The maximum atomic E-state index is 10.7. The van der Waals surface area contributed by atoms with Crippen LogP contribution in [0.25, 0.3) is 0 Å². The third-order valence-electron chi connectivity index (χ3n) is 2.58. The quantitative estimate of drug-likeness (QED) is 0.636. The molecule has 1 unspecified atom stereocenters. The van der Waals surface area contributed by atoms with Gasteiger partial charge < -0.3 is 5.32 Å². The Morgan fingerprint density at radius 3 is 2.78 bits per heavy atom. The first-order chi connectivity index (χ1) is 8.45. The Bertz CT molecular complexity index is 440. The van der Waals surface area contributed by atoms with Crippen molar-refractivity contribution in [1.29, 1.82) is 0 Å². The molecular weight excluding hydrogens is 272 g/mol. The van der Waals surface area contributed by atoms with Crippen LogP contribution >= 0.6 is 23.4 Å². The number of nitrogens with zero attached hydrogens (tertiary/aromatic N) is 1. The molecule has 0 amide bonds. The number of rotatable bonds is 6. The molecule has 0 radical (unpaired) electrons. The largest absolute Gasteiger partial charge is 0.384 e. The van der Waals surface area contributed by atoms with E-state index in [0.717, 1.165) is 23.5 Å². The molecule has 0 aliphatic rings. The van der Waals surface area contributed by atoms with Crippen molar-refractivity contribution in [2.75, 3.05) is 23.9 Å². The Morgan fingerprint density at radius 1 is 1.56 bits per heavy atom. The van der Waals surface area contributed by atoms with Crippen molar-refractivity contribution in [2.24, 2.45) is 5.92 Å². The number of hydrogen-bond acceptors (Lipinski definition) is 4. The van der Waals surface area contributed by atoms with E-state index in [1.165, 1.54) is 6.07 Å². The molecule has 0 fully saturated rings. The Kier molecular flexibility index (Phi) is 5.75. The molecule has 4 nitrogen and oxygen atoms in total. The van der Waals surface area contributed by atoms with Crippen LogP contribution in [0.4, 0.5) is 11.4 Å². The average molecular weight is 289 g/mol. The predicted molar refractivity (Wildman–Crippen MR) is 78.9 cm³/mol. The van der Waals surface area contributed by atoms with Crippen molar-refractivity contribution in [2.45, 2.75) is 13.8 Å². The molecule has 0 saturated heterocycles. The van der Waals surface area contributed by atoms with E-state index < -0.39 is 4.92 Å². The van der Waals surface area contributed by atoms with Crippen LogP contribution < -0.4 is 5.32 Å². The monoisotopic (exact) mass is 288 g/mol. The lowest BCUT2D eigenvalue weighted by molar-refractivity contribution is -0.384. The second-order valence-electron chi connectivity index (χ2n) is 4.32. The third-order valence-corrected chi connectivity index (χ3v) is 3.79. The van der Waals surface area contributed by atoms with E-state index in [4.69, 9.17) is 11.6 Å². The number of nitrogens with one attached hydrogen (secondary N) is 1. The molecule has 6 heteroatoms. The van der Waals surface area contributed by atoms with Gasteiger partial charge >= 0.3 is 0 Å². The first-order valence-electron chi connectivity index (χ1n) is 5.63. The van der Waals surface area contributed by atoms with Crippen molar-refractivity contribution in [3.05, 3.63) is 32.8 Å². The number of anilines is 1. The Hall–Kier alpha value is -0.940. The van der Waals surface area contributed by atoms with E-state index >= 15 is 0 Å². The zero-order chi connectivity index (χ0) is 13.7. The molecule has 0 heterocycles. The SMILES string of the molecule is CSCC(C)CNc1cc(Cl)c([N+](=O)[O-])cc1C. The van der Waals surface area contributed by atoms with Gasteiger partial charge in [-0.25, -0.2) is 0 Å². The molecule has 18 heavy (non-hydrogen) atoms. The lowest BCUT2D eigenvalue weighted by Crippen LogP contribution is -2.14. The van der Waals surface area contributed by atoms with E-state index in [9.17, 15) is 10.1 Å². The summed E-state index contributed by atoms with van der Waals surface area (Å²) in [7, 11) is 0. The summed E-state index contributed by atoms with van der Waals surface area (Å²) in [5.74, 6) is 1.61. The highest BCUT2D eigenvalue weighted by Gasteiger charge is 2.15. The fourth-order valence-corrected chi connectivity index (χ4v) is 2.54. The zero-order valence-corrected chi connectivity index (χ0v) is 12.3. The first-order valence-corrected chi connectivity index (χ1v) is 7.40. The van der Waals surface area contributed by atoms with Crippen molar-refractivity contribution < 1.29 is 4.92 Å². The molecule has 1 aromatic carbocycles. The van der Waals surface area contributed by atoms with Gasteiger partial charge in [0.15, 0.2) is 0 Å².